The zero-order valence-corrected chi connectivity index (χ0v) is 11.6. The quantitative estimate of drug-likeness (QED) is 0.919. The highest BCUT2D eigenvalue weighted by molar-refractivity contribution is 5.97. The number of piperidine rings is 1. The highest BCUT2D eigenvalue weighted by Gasteiger charge is 2.23. The highest BCUT2D eigenvalue weighted by Crippen LogP contribution is 2.10. The third kappa shape index (κ3) is 3.56. The van der Waals surface area contributed by atoms with Crippen LogP contribution in [0.15, 0.2) is 24.3 Å². The van der Waals surface area contributed by atoms with Gasteiger partial charge in [-0.25, -0.2) is 4.39 Å². The van der Waals surface area contributed by atoms with Crippen LogP contribution in [-0.2, 0) is 4.79 Å². The average Bonchev–Trinajstić information content (AvgIpc) is 2.48. The summed E-state index contributed by atoms with van der Waals surface area (Å²) in [6, 6.07) is 4.70. The zero-order valence-electron chi connectivity index (χ0n) is 11.6. The molecular formula is C15H19FN2O2. The molecule has 108 valence electrons. The average molecular weight is 278 g/mol. The van der Waals surface area contributed by atoms with Crippen molar-refractivity contribution in [1.29, 1.82) is 0 Å². The summed E-state index contributed by atoms with van der Waals surface area (Å²) in [5.74, 6) is -0.804. The lowest BCUT2D eigenvalue weighted by atomic mass is 10.1. The van der Waals surface area contributed by atoms with Crippen LogP contribution < -0.4 is 5.32 Å². The minimum atomic E-state index is -0.564. The van der Waals surface area contributed by atoms with Crippen LogP contribution in [0.5, 0.6) is 0 Å². The van der Waals surface area contributed by atoms with Gasteiger partial charge in [-0.15, -0.1) is 0 Å². The predicted octanol–water partition coefficient (Wildman–Crippen LogP) is 1.96. The third-order valence-corrected chi connectivity index (χ3v) is 3.49. The zero-order chi connectivity index (χ0) is 14.5. The molecule has 1 aliphatic heterocycles. The van der Waals surface area contributed by atoms with Gasteiger partial charge in [-0.2, -0.15) is 0 Å². The molecule has 1 heterocycles. The summed E-state index contributed by atoms with van der Waals surface area (Å²) in [6.45, 7) is 3.20. The molecule has 0 bridgehead atoms. The number of hydrogen-bond acceptors (Lipinski definition) is 2. The monoisotopic (exact) mass is 278 g/mol. The summed E-state index contributed by atoms with van der Waals surface area (Å²) >= 11 is 0. The second-order valence-corrected chi connectivity index (χ2v) is 5.09. The van der Waals surface area contributed by atoms with Crippen LogP contribution in [0.3, 0.4) is 0 Å². The van der Waals surface area contributed by atoms with Crippen LogP contribution in [-0.4, -0.2) is 35.8 Å². The lowest BCUT2D eigenvalue weighted by molar-refractivity contribution is -0.133. The Balaban J connectivity index is 1.92. The van der Waals surface area contributed by atoms with Crippen LogP contribution in [0, 0.1) is 5.82 Å². The van der Waals surface area contributed by atoms with Crippen molar-refractivity contribution in [3.05, 3.63) is 35.6 Å². The molecule has 0 radical (unpaired) electrons. The molecule has 1 atom stereocenters. The Kier molecular flexibility index (Phi) is 4.71. The van der Waals surface area contributed by atoms with Gasteiger partial charge in [0.2, 0.25) is 5.91 Å². The number of halogens is 1. The largest absolute Gasteiger partial charge is 0.341 e. The van der Waals surface area contributed by atoms with Gasteiger partial charge in [0.15, 0.2) is 0 Å². The molecule has 0 saturated carbocycles. The van der Waals surface area contributed by atoms with Gasteiger partial charge in [0, 0.05) is 18.7 Å². The summed E-state index contributed by atoms with van der Waals surface area (Å²) < 4.78 is 12.8. The first-order chi connectivity index (χ1) is 9.58. The van der Waals surface area contributed by atoms with Crippen molar-refractivity contribution in [1.82, 2.24) is 10.2 Å². The fraction of sp³-hybridized carbons (Fsp3) is 0.467. The maximum Gasteiger partial charge on any atom is 0.251 e. The molecule has 1 N–H and O–H groups in total. The van der Waals surface area contributed by atoms with E-state index in [1.165, 1.54) is 24.3 Å². The molecule has 1 aliphatic rings. The highest BCUT2D eigenvalue weighted by atomic mass is 19.1. The Bertz CT molecular complexity index is 481. The van der Waals surface area contributed by atoms with E-state index in [0.29, 0.717) is 5.56 Å². The Labute approximate surface area is 118 Å². The minimum Gasteiger partial charge on any atom is -0.341 e. The Morgan fingerprint density at radius 3 is 2.35 bits per heavy atom. The number of nitrogens with zero attached hydrogens (tertiary/aromatic N) is 1. The van der Waals surface area contributed by atoms with Gasteiger partial charge in [0.25, 0.3) is 5.91 Å². The van der Waals surface area contributed by atoms with Gasteiger partial charge >= 0.3 is 0 Å². The van der Waals surface area contributed by atoms with Crippen molar-refractivity contribution in [2.24, 2.45) is 0 Å². The van der Waals surface area contributed by atoms with E-state index in [9.17, 15) is 14.0 Å². The molecule has 0 aromatic heterocycles. The summed E-state index contributed by atoms with van der Waals surface area (Å²) in [5, 5.41) is 2.66. The number of likely N-dealkylation sites (tertiary alicyclic amines) is 1. The number of carbonyl (C=O) groups excluding carboxylic acids is 2. The van der Waals surface area contributed by atoms with E-state index >= 15 is 0 Å². The number of rotatable bonds is 3. The van der Waals surface area contributed by atoms with Gasteiger partial charge in [-0.05, 0) is 50.5 Å². The molecule has 5 heteroatoms. The van der Waals surface area contributed by atoms with E-state index in [2.05, 4.69) is 5.32 Å². The Morgan fingerprint density at radius 2 is 1.75 bits per heavy atom. The standard InChI is InChI=1S/C15H19FN2O2/c1-11(15(20)18-9-3-2-4-10-18)17-14(19)12-5-7-13(16)8-6-12/h5-8,11H,2-4,9-10H2,1H3,(H,17,19)/t11-/m0/s1. The van der Waals surface area contributed by atoms with E-state index in [4.69, 9.17) is 0 Å². The summed E-state index contributed by atoms with van der Waals surface area (Å²) in [5.41, 5.74) is 0.352. The predicted molar refractivity (Wildman–Crippen MR) is 73.8 cm³/mol. The molecule has 2 amide bonds. The number of hydrogen-bond donors (Lipinski definition) is 1. The number of carbonyl (C=O) groups is 2. The van der Waals surface area contributed by atoms with Crippen molar-refractivity contribution in [3.8, 4) is 0 Å². The van der Waals surface area contributed by atoms with Crippen molar-refractivity contribution in [3.63, 3.8) is 0 Å². The number of benzene rings is 1. The second kappa shape index (κ2) is 6.50. The number of nitrogens with one attached hydrogen (secondary N) is 1. The second-order valence-electron chi connectivity index (χ2n) is 5.09. The van der Waals surface area contributed by atoms with E-state index in [-0.39, 0.29) is 17.6 Å². The molecular weight excluding hydrogens is 259 g/mol. The van der Waals surface area contributed by atoms with Gasteiger partial charge < -0.3 is 10.2 Å². The summed E-state index contributed by atoms with van der Waals surface area (Å²) in [6.07, 6.45) is 3.19. The Hall–Kier alpha value is -1.91. The SMILES string of the molecule is C[C@H](NC(=O)c1ccc(F)cc1)C(=O)N1CCCCC1. The fourth-order valence-corrected chi connectivity index (χ4v) is 2.33. The van der Waals surface area contributed by atoms with Crippen LogP contribution >= 0.6 is 0 Å². The lowest BCUT2D eigenvalue weighted by Crippen LogP contribution is -2.48. The normalized spacial score (nSPS) is 16.6. The smallest absolute Gasteiger partial charge is 0.251 e. The van der Waals surface area contributed by atoms with Crippen molar-refractivity contribution < 1.29 is 14.0 Å². The van der Waals surface area contributed by atoms with Crippen LogP contribution in [0.25, 0.3) is 0 Å². The molecule has 4 nitrogen and oxygen atoms in total. The lowest BCUT2D eigenvalue weighted by Gasteiger charge is -2.29. The van der Waals surface area contributed by atoms with E-state index in [1.807, 2.05) is 0 Å². The molecule has 1 fully saturated rings. The molecule has 1 aromatic carbocycles. The van der Waals surface area contributed by atoms with Gasteiger partial charge in [-0.3, -0.25) is 9.59 Å². The molecule has 0 unspecified atom stereocenters. The first-order valence-electron chi connectivity index (χ1n) is 6.93. The van der Waals surface area contributed by atoms with E-state index in [1.54, 1.807) is 11.8 Å². The maximum atomic E-state index is 12.8. The molecule has 1 saturated heterocycles. The van der Waals surface area contributed by atoms with Crippen LogP contribution in [0.1, 0.15) is 36.5 Å². The van der Waals surface area contributed by atoms with Crippen molar-refractivity contribution in [2.75, 3.05) is 13.1 Å². The minimum absolute atomic E-state index is 0.0554. The van der Waals surface area contributed by atoms with Crippen molar-refractivity contribution >= 4 is 11.8 Å². The molecule has 1 aromatic rings. The molecule has 20 heavy (non-hydrogen) atoms. The van der Waals surface area contributed by atoms with Crippen LogP contribution in [0.2, 0.25) is 0 Å². The van der Waals surface area contributed by atoms with Gasteiger partial charge in [0.05, 0.1) is 0 Å². The van der Waals surface area contributed by atoms with E-state index in [0.717, 1.165) is 32.4 Å². The molecule has 2 rings (SSSR count). The van der Waals surface area contributed by atoms with E-state index < -0.39 is 6.04 Å². The van der Waals surface area contributed by atoms with Crippen LogP contribution in [0.4, 0.5) is 4.39 Å². The van der Waals surface area contributed by atoms with Crippen molar-refractivity contribution in [2.45, 2.75) is 32.2 Å². The summed E-state index contributed by atoms with van der Waals surface area (Å²) in [4.78, 5) is 25.9. The first-order valence-corrected chi connectivity index (χ1v) is 6.93. The molecule has 0 spiro atoms. The first kappa shape index (κ1) is 14.5. The van der Waals surface area contributed by atoms with Gasteiger partial charge in [-0.1, -0.05) is 0 Å². The number of amides is 2. The molecule has 0 aliphatic carbocycles. The third-order valence-electron chi connectivity index (χ3n) is 3.49. The maximum absolute atomic E-state index is 12.8. The Morgan fingerprint density at radius 1 is 1.15 bits per heavy atom. The summed E-state index contributed by atoms with van der Waals surface area (Å²) in [7, 11) is 0. The topological polar surface area (TPSA) is 49.4 Å². The van der Waals surface area contributed by atoms with Gasteiger partial charge in [0.1, 0.15) is 11.9 Å². The fourth-order valence-electron chi connectivity index (χ4n) is 2.33.